The highest BCUT2D eigenvalue weighted by atomic mass is 16.1. The van der Waals surface area contributed by atoms with Crippen LogP contribution in [0.1, 0.15) is 43.1 Å². The summed E-state index contributed by atoms with van der Waals surface area (Å²) in [6, 6.07) is 0. The van der Waals surface area contributed by atoms with Crippen molar-refractivity contribution in [3.63, 3.8) is 0 Å². The molecule has 2 N–H and O–H groups in total. The second-order valence-corrected chi connectivity index (χ2v) is 4.66. The molecular weight excluding hydrogens is 228 g/mol. The van der Waals surface area contributed by atoms with E-state index < -0.39 is 0 Å². The maximum atomic E-state index is 11.8. The minimum atomic E-state index is -0.141. The van der Waals surface area contributed by atoms with Gasteiger partial charge in [-0.3, -0.25) is 9.78 Å². The van der Waals surface area contributed by atoms with Crippen LogP contribution in [0.2, 0.25) is 0 Å². The summed E-state index contributed by atoms with van der Waals surface area (Å²) in [6.45, 7) is 3.47. The lowest BCUT2D eigenvalue weighted by atomic mass is 10.2. The summed E-state index contributed by atoms with van der Waals surface area (Å²) in [4.78, 5) is 20.0. The summed E-state index contributed by atoms with van der Waals surface area (Å²) in [5, 5.41) is 5.92. The molecule has 5 nitrogen and oxygen atoms in total. The fraction of sp³-hybridized carbons (Fsp3) is 0.615. The molecule has 0 saturated heterocycles. The van der Waals surface area contributed by atoms with Crippen LogP contribution in [0, 0.1) is 5.92 Å². The number of carbonyl (C=O) groups excluding carboxylic acids is 1. The fourth-order valence-corrected chi connectivity index (χ4v) is 1.83. The third kappa shape index (κ3) is 3.98. The molecule has 0 bridgehead atoms. The molecule has 0 spiro atoms. The third-order valence-corrected chi connectivity index (χ3v) is 3.00. The van der Waals surface area contributed by atoms with Crippen molar-refractivity contribution in [1.82, 2.24) is 15.3 Å². The fourth-order valence-electron chi connectivity index (χ4n) is 1.83. The monoisotopic (exact) mass is 248 g/mol. The minimum absolute atomic E-state index is 0.141. The first-order valence-electron chi connectivity index (χ1n) is 6.63. The molecule has 1 aromatic rings. The molecule has 0 aliphatic heterocycles. The highest BCUT2D eigenvalue weighted by Crippen LogP contribution is 2.33. The van der Waals surface area contributed by atoms with Crippen LogP contribution in [0.15, 0.2) is 12.4 Å². The summed E-state index contributed by atoms with van der Waals surface area (Å²) in [5.74, 6) is 1.42. The summed E-state index contributed by atoms with van der Waals surface area (Å²) >= 11 is 0. The molecule has 1 fully saturated rings. The van der Waals surface area contributed by atoms with Crippen LogP contribution in [-0.4, -0.2) is 29.0 Å². The van der Waals surface area contributed by atoms with Gasteiger partial charge in [0.25, 0.3) is 5.91 Å². The smallest absolute Gasteiger partial charge is 0.271 e. The average Bonchev–Trinajstić information content (AvgIpc) is 3.19. The van der Waals surface area contributed by atoms with E-state index >= 15 is 0 Å². The zero-order valence-electron chi connectivity index (χ0n) is 10.8. The Kier molecular flexibility index (Phi) is 4.50. The van der Waals surface area contributed by atoms with Gasteiger partial charge in [0.1, 0.15) is 11.5 Å². The molecule has 1 saturated carbocycles. The van der Waals surface area contributed by atoms with Crippen molar-refractivity contribution >= 4 is 11.7 Å². The van der Waals surface area contributed by atoms with Crippen LogP contribution < -0.4 is 10.6 Å². The first-order chi connectivity index (χ1) is 8.79. The number of rotatable bonds is 7. The van der Waals surface area contributed by atoms with Gasteiger partial charge in [-0.15, -0.1) is 0 Å². The van der Waals surface area contributed by atoms with Gasteiger partial charge in [0, 0.05) is 13.1 Å². The lowest BCUT2D eigenvalue weighted by Gasteiger charge is -2.06. The molecular formula is C13H20N4O. The normalized spacial score (nSPS) is 14.3. The van der Waals surface area contributed by atoms with Crippen molar-refractivity contribution in [2.24, 2.45) is 5.92 Å². The lowest BCUT2D eigenvalue weighted by Crippen LogP contribution is -2.25. The Morgan fingerprint density at radius 2 is 2.28 bits per heavy atom. The molecule has 1 aliphatic rings. The summed E-state index contributed by atoms with van der Waals surface area (Å²) in [7, 11) is 0. The Morgan fingerprint density at radius 3 is 3.00 bits per heavy atom. The van der Waals surface area contributed by atoms with Gasteiger partial charge in [0.2, 0.25) is 0 Å². The van der Waals surface area contributed by atoms with Gasteiger partial charge in [-0.25, -0.2) is 4.98 Å². The minimum Gasteiger partial charge on any atom is -0.369 e. The Balaban J connectivity index is 1.77. The average molecular weight is 248 g/mol. The van der Waals surface area contributed by atoms with Crippen LogP contribution in [0.5, 0.6) is 0 Å². The molecule has 0 aromatic carbocycles. The SMILES string of the molecule is CCNc1cncc(C(=O)NCCCC2CC2)n1. The van der Waals surface area contributed by atoms with Gasteiger partial charge in [-0.2, -0.15) is 0 Å². The number of nitrogens with one attached hydrogen (secondary N) is 2. The van der Waals surface area contributed by atoms with Crippen molar-refractivity contribution in [3.8, 4) is 0 Å². The number of carbonyl (C=O) groups is 1. The summed E-state index contributed by atoms with van der Waals surface area (Å²) in [5.41, 5.74) is 0.375. The number of hydrogen-bond acceptors (Lipinski definition) is 4. The molecule has 98 valence electrons. The van der Waals surface area contributed by atoms with Crippen LogP contribution in [0.4, 0.5) is 5.82 Å². The number of anilines is 1. The van der Waals surface area contributed by atoms with E-state index in [0.717, 1.165) is 25.4 Å². The van der Waals surface area contributed by atoms with Gasteiger partial charge in [-0.05, 0) is 25.7 Å². The van der Waals surface area contributed by atoms with Gasteiger partial charge in [0.15, 0.2) is 0 Å². The summed E-state index contributed by atoms with van der Waals surface area (Å²) in [6.07, 6.45) is 8.12. The van der Waals surface area contributed by atoms with Gasteiger partial charge in [-0.1, -0.05) is 12.8 Å². The molecule has 1 aliphatic carbocycles. The molecule has 5 heteroatoms. The van der Waals surface area contributed by atoms with E-state index in [0.29, 0.717) is 11.5 Å². The van der Waals surface area contributed by atoms with Crippen LogP contribution in [0.25, 0.3) is 0 Å². The Hall–Kier alpha value is -1.65. The van der Waals surface area contributed by atoms with Crippen LogP contribution in [-0.2, 0) is 0 Å². The molecule has 18 heavy (non-hydrogen) atoms. The Labute approximate surface area is 107 Å². The molecule has 2 rings (SSSR count). The molecule has 1 aromatic heterocycles. The maximum Gasteiger partial charge on any atom is 0.271 e. The largest absolute Gasteiger partial charge is 0.369 e. The van der Waals surface area contributed by atoms with Crippen molar-refractivity contribution in [3.05, 3.63) is 18.1 Å². The van der Waals surface area contributed by atoms with Crippen LogP contribution >= 0.6 is 0 Å². The van der Waals surface area contributed by atoms with Crippen molar-refractivity contribution < 1.29 is 4.79 Å². The van der Waals surface area contributed by atoms with Gasteiger partial charge < -0.3 is 10.6 Å². The zero-order chi connectivity index (χ0) is 12.8. The van der Waals surface area contributed by atoms with Gasteiger partial charge in [0.05, 0.1) is 12.4 Å². The standard InChI is InChI=1S/C13H20N4O/c1-2-15-12-9-14-8-11(17-12)13(18)16-7-3-4-10-5-6-10/h8-10H,2-7H2,1H3,(H,15,17)(H,16,18). The van der Waals surface area contributed by atoms with Crippen molar-refractivity contribution in [1.29, 1.82) is 0 Å². The topological polar surface area (TPSA) is 66.9 Å². The first-order valence-corrected chi connectivity index (χ1v) is 6.63. The van der Waals surface area contributed by atoms with E-state index in [2.05, 4.69) is 20.6 Å². The van der Waals surface area contributed by atoms with E-state index in [1.807, 2.05) is 6.92 Å². The lowest BCUT2D eigenvalue weighted by molar-refractivity contribution is 0.0947. The van der Waals surface area contributed by atoms with Crippen LogP contribution in [0.3, 0.4) is 0 Å². The predicted octanol–water partition coefficient (Wildman–Crippen LogP) is 1.83. The summed E-state index contributed by atoms with van der Waals surface area (Å²) < 4.78 is 0. The van der Waals surface area contributed by atoms with Crippen molar-refractivity contribution in [2.45, 2.75) is 32.6 Å². The predicted molar refractivity (Wildman–Crippen MR) is 70.5 cm³/mol. The quantitative estimate of drug-likeness (QED) is 0.722. The second-order valence-electron chi connectivity index (χ2n) is 4.66. The Morgan fingerprint density at radius 1 is 1.44 bits per heavy atom. The highest BCUT2D eigenvalue weighted by molar-refractivity contribution is 5.92. The Bertz CT molecular complexity index is 404. The zero-order valence-corrected chi connectivity index (χ0v) is 10.8. The number of aromatic nitrogens is 2. The second kappa shape index (κ2) is 6.33. The van der Waals surface area contributed by atoms with Crippen molar-refractivity contribution in [2.75, 3.05) is 18.4 Å². The highest BCUT2D eigenvalue weighted by Gasteiger charge is 2.20. The molecule has 1 heterocycles. The number of hydrogen-bond donors (Lipinski definition) is 2. The first kappa shape index (κ1) is 12.8. The van der Waals surface area contributed by atoms with Gasteiger partial charge >= 0.3 is 0 Å². The van der Waals surface area contributed by atoms with E-state index in [-0.39, 0.29) is 5.91 Å². The van der Waals surface area contributed by atoms with E-state index in [4.69, 9.17) is 0 Å². The molecule has 0 radical (unpaired) electrons. The number of amides is 1. The molecule has 0 atom stereocenters. The maximum absolute atomic E-state index is 11.8. The molecule has 1 amide bonds. The van der Waals surface area contributed by atoms with E-state index in [1.165, 1.54) is 25.5 Å². The van der Waals surface area contributed by atoms with E-state index in [1.54, 1.807) is 6.20 Å². The third-order valence-electron chi connectivity index (χ3n) is 3.00. The molecule has 0 unspecified atom stereocenters. The van der Waals surface area contributed by atoms with E-state index in [9.17, 15) is 4.79 Å². The number of nitrogens with zero attached hydrogens (tertiary/aromatic N) is 2.